The summed E-state index contributed by atoms with van der Waals surface area (Å²) in [5.41, 5.74) is -0.331. The molecule has 1 aliphatic heterocycles. The van der Waals surface area contributed by atoms with E-state index >= 15 is 0 Å². The third-order valence-electron chi connectivity index (χ3n) is 5.15. The van der Waals surface area contributed by atoms with Crippen molar-refractivity contribution in [3.05, 3.63) is 0 Å². The van der Waals surface area contributed by atoms with Crippen molar-refractivity contribution in [1.29, 1.82) is 0 Å². The first-order valence-corrected chi connectivity index (χ1v) is 7.14. The minimum Gasteiger partial charge on any atom is -0.388 e. The van der Waals surface area contributed by atoms with E-state index in [1.807, 2.05) is 0 Å². The summed E-state index contributed by atoms with van der Waals surface area (Å²) in [6, 6.07) is 0.830. The minimum absolute atomic E-state index is 0.331. The molecule has 0 aromatic heterocycles. The summed E-state index contributed by atoms with van der Waals surface area (Å²) in [5.74, 6) is 1.48. The Morgan fingerprint density at radius 1 is 1.06 bits per heavy atom. The van der Waals surface area contributed by atoms with Crippen molar-refractivity contribution in [2.24, 2.45) is 11.8 Å². The zero-order valence-corrected chi connectivity index (χ0v) is 10.5. The van der Waals surface area contributed by atoms with Gasteiger partial charge in [0.2, 0.25) is 0 Å². The number of hydrogen-bond acceptors (Lipinski definition) is 2. The molecule has 2 nitrogen and oxygen atoms in total. The van der Waals surface area contributed by atoms with E-state index in [1.54, 1.807) is 0 Å². The first-order valence-electron chi connectivity index (χ1n) is 7.14. The summed E-state index contributed by atoms with van der Waals surface area (Å²) >= 11 is 0. The summed E-state index contributed by atoms with van der Waals surface area (Å²) in [4.78, 5) is 2.54. The molecule has 2 heteroatoms. The maximum atomic E-state index is 10.8. The number of aliphatic hydroxyl groups is 1. The largest absolute Gasteiger partial charge is 0.388 e. The van der Waals surface area contributed by atoms with E-state index in [0.717, 1.165) is 31.5 Å². The predicted molar refractivity (Wildman–Crippen MR) is 65.3 cm³/mol. The fourth-order valence-electron chi connectivity index (χ4n) is 3.73. The second kappa shape index (κ2) is 3.99. The van der Waals surface area contributed by atoms with E-state index in [0.29, 0.717) is 5.92 Å². The first kappa shape index (κ1) is 11.0. The molecule has 2 aliphatic carbocycles. The lowest BCUT2D eigenvalue weighted by atomic mass is 9.73. The zero-order valence-electron chi connectivity index (χ0n) is 10.5. The Balaban J connectivity index is 1.60. The van der Waals surface area contributed by atoms with Crippen molar-refractivity contribution in [3.63, 3.8) is 0 Å². The highest BCUT2D eigenvalue weighted by atomic mass is 16.3. The molecule has 0 amide bonds. The van der Waals surface area contributed by atoms with Gasteiger partial charge in [-0.1, -0.05) is 19.8 Å². The van der Waals surface area contributed by atoms with Gasteiger partial charge in [-0.3, -0.25) is 4.90 Å². The summed E-state index contributed by atoms with van der Waals surface area (Å²) in [6.07, 6.45) is 8.96. The van der Waals surface area contributed by atoms with Crippen molar-refractivity contribution in [3.8, 4) is 0 Å². The van der Waals surface area contributed by atoms with E-state index < -0.39 is 0 Å². The molecule has 0 spiro atoms. The maximum absolute atomic E-state index is 10.8. The van der Waals surface area contributed by atoms with Gasteiger partial charge in [-0.25, -0.2) is 0 Å². The van der Waals surface area contributed by atoms with E-state index in [4.69, 9.17) is 0 Å². The molecule has 1 atom stereocenters. The Morgan fingerprint density at radius 2 is 1.75 bits per heavy atom. The van der Waals surface area contributed by atoms with Crippen LogP contribution in [0.2, 0.25) is 0 Å². The van der Waals surface area contributed by atoms with E-state index in [2.05, 4.69) is 11.8 Å². The van der Waals surface area contributed by atoms with Crippen LogP contribution in [-0.2, 0) is 0 Å². The van der Waals surface area contributed by atoms with E-state index in [1.165, 1.54) is 38.5 Å². The van der Waals surface area contributed by atoms with Crippen molar-refractivity contribution in [2.75, 3.05) is 13.1 Å². The monoisotopic (exact) mass is 223 g/mol. The van der Waals surface area contributed by atoms with Gasteiger partial charge in [0.05, 0.1) is 5.60 Å². The molecule has 1 saturated heterocycles. The van der Waals surface area contributed by atoms with Crippen molar-refractivity contribution >= 4 is 0 Å². The Morgan fingerprint density at radius 3 is 2.38 bits per heavy atom. The molecule has 16 heavy (non-hydrogen) atoms. The molecule has 3 aliphatic rings. The Bertz CT molecular complexity index is 255. The van der Waals surface area contributed by atoms with Gasteiger partial charge in [-0.2, -0.15) is 0 Å². The van der Waals surface area contributed by atoms with Gasteiger partial charge < -0.3 is 5.11 Å². The predicted octanol–water partition coefficient (Wildman–Crippen LogP) is 2.41. The number of likely N-dealkylation sites (tertiary alicyclic amines) is 1. The summed E-state index contributed by atoms with van der Waals surface area (Å²) in [7, 11) is 0. The van der Waals surface area contributed by atoms with Crippen molar-refractivity contribution < 1.29 is 5.11 Å². The normalized spacial score (nSPS) is 46.1. The van der Waals surface area contributed by atoms with Crippen LogP contribution < -0.4 is 0 Å². The molecule has 1 N–H and O–H groups in total. The van der Waals surface area contributed by atoms with Crippen molar-refractivity contribution in [1.82, 2.24) is 4.90 Å². The Hall–Kier alpha value is -0.0800. The highest BCUT2D eigenvalue weighted by Gasteiger charge is 2.46. The molecule has 0 bridgehead atoms. The lowest BCUT2D eigenvalue weighted by molar-refractivity contribution is -0.0286. The average Bonchev–Trinajstić information content (AvgIpc) is 3.04. The topological polar surface area (TPSA) is 23.5 Å². The summed E-state index contributed by atoms with van der Waals surface area (Å²) in [6.45, 7) is 4.47. The fourth-order valence-corrected chi connectivity index (χ4v) is 3.73. The molecule has 1 unspecified atom stereocenters. The molecule has 1 heterocycles. The van der Waals surface area contributed by atoms with Crippen LogP contribution in [0.25, 0.3) is 0 Å². The molecular weight excluding hydrogens is 198 g/mol. The van der Waals surface area contributed by atoms with Gasteiger partial charge in [0.25, 0.3) is 0 Å². The van der Waals surface area contributed by atoms with Crippen LogP contribution in [0, 0.1) is 11.8 Å². The smallest absolute Gasteiger partial charge is 0.0814 e. The molecule has 0 aromatic rings. The number of rotatable bonds is 2. The van der Waals surface area contributed by atoms with Gasteiger partial charge in [0, 0.05) is 19.1 Å². The second-order valence-electron chi connectivity index (χ2n) is 6.51. The van der Waals surface area contributed by atoms with E-state index in [-0.39, 0.29) is 5.60 Å². The maximum Gasteiger partial charge on any atom is 0.0814 e. The minimum atomic E-state index is -0.331. The van der Waals surface area contributed by atoms with Crippen molar-refractivity contribution in [2.45, 2.75) is 63.5 Å². The van der Waals surface area contributed by atoms with Gasteiger partial charge in [-0.05, 0) is 43.9 Å². The fraction of sp³-hybridized carbons (Fsp3) is 1.00. The lowest BCUT2D eigenvalue weighted by Gasteiger charge is -2.37. The standard InChI is InChI=1S/C14H25NO/c1-11-2-4-12(5-3-11)14(16)8-9-15(10-14)13-6-7-13/h11-13,16H,2-10H2,1H3. The first-order chi connectivity index (χ1) is 7.67. The summed E-state index contributed by atoms with van der Waals surface area (Å²) in [5, 5.41) is 10.8. The highest BCUT2D eigenvalue weighted by molar-refractivity contribution is 5.00. The van der Waals surface area contributed by atoms with Crippen LogP contribution >= 0.6 is 0 Å². The molecule has 92 valence electrons. The average molecular weight is 223 g/mol. The summed E-state index contributed by atoms with van der Waals surface area (Å²) < 4.78 is 0. The van der Waals surface area contributed by atoms with Crippen LogP contribution in [0.1, 0.15) is 51.9 Å². The number of nitrogens with zero attached hydrogens (tertiary/aromatic N) is 1. The second-order valence-corrected chi connectivity index (χ2v) is 6.51. The third-order valence-corrected chi connectivity index (χ3v) is 5.15. The zero-order chi connectivity index (χ0) is 11.2. The Kier molecular flexibility index (Phi) is 2.75. The molecule has 3 fully saturated rings. The molecule has 2 saturated carbocycles. The Labute approximate surface area is 99.0 Å². The van der Waals surface area contributed by atoms with Crippen LogP contribution in [0.4, 0.5) is 0 Å². The lowest BCUT2D eigenvalue weighted by Crippen LogP contribution is -2.42. The van der Waals surface area contributed by atoms with Gasteiger partial charge in [0.1, 0.15) is 0 Å². The molecule has 0 aromatic carbocycles. The van der Waals surface area contributed by atoms with Crippen LogP contribution in [0.3, 0.4) is 0 Å². The van der Waals surface area contributed by atoms with Gasteiger partial charge in [0.15, 0.2) is 0 Å². The highest BCUT2D eigenvalue weighted by Crippen LogP contribution is 2.42. The van der Waals surface area contributed by atoms with Gasteiger partial charge >= 0.3 is 0 Å². The number of β-amino-alcohol motifs (C(OH)–C–C–N with tert-alkyl or cyclic N) is 1. The van der Waals surface area contributed by atoms with E-state index in [9.17, 15) is 5.11 Å². The molecule has 3 rings (SSSR count). The van der Waals surface area contributed by atoms with Crippen LogP contribution in [0.15, 0.2) is 0 Å². The molecule has 0 radical (unpaired) electrons. The third kappa shape index (κ3) is 2.02. The van der Waals surface area contributed by atoms with Gasteiger partial charge in [-0.15, -0.1) is 0 Å². The molecular formula is C14H25NO. The SMILES string of the molecule is CC1CCC(C2(O)CCN(C3CC3)C2)CC1. The quantitative estimate of drug-likeness (QED) is 0.777. The van der Waals surface area contributed by atoms with Crippen LogP contribution in [-0.4, -0.2) is 34.7 Å². The number of hydrogen-bond donors (Lipinski definition) is 1. The van der Waals surface area contributed by atoms with Crippen LogP contribution in [0.5, 0.6) is 0 Å².